The molecule has 1 fully saturated rings. The highest BCUT2D eigenvalue weighted by molar-refractivity contribution is 7.22. The standard InChI is InChI=1S/C17H16FN3O3S/c1-10-7-14(24-20-10)16(22)21(9-12-3-2-6-23-12)17-19-13-5-4-11(18)8-15(13)25-17/h4-5,7-8,12H,2-3,6,9H2,1H3/t12-/m1/s1. The molecule has 1 aliphatic heterocycles. The first-order valence-electron chi connectivity index (χ1n) is 8.03. The molecule has 0 radical (unpaired) electrons. The first-order chi connectivity index (χ1) is 12.1. The van der Waals surface area contributed by atoms with Gasteiger partial charge in [0.25, 0.3) is 5.91 Å². The Morgan fingerprint density at radius 2 is 2.32 bits per heavy atom. The van der Waals surface area contributed by atoms with E-state index in [4.69, 9.17) is 9.26 Å². The number of amides is 1. The maximum Gasteiger partial charge on any atom is 0.298 e. The van der Waals surface area contributed by atoms with Crippen LogP contribution < -0.4 is 4.90 Å². The van der Waals surface area contributed by atoms with E-state index in [0.29, 0.717) is 34.2 Å². The molecule has 1 atom stereocenters. The van der Waals surface area contributed by atoms with Gasteiger partial charge in [0.2, 0.25) is 5.76 Å². The third-order valence-corrected chi connectivity index (χ3v) is 5.11. The monoisotopic (exact) mass is 361 g/mol. The van der Waals surface area contributed by atoms with Gasteiger partial charge in [-0.25, -0.2) is 9.37 Å². The van der Waals surface area contributed by atoms with Crippen molar-refractivity contribution < 1.29 is 18.4 Å². The van der Waals surface area contributed by atoms with Crippen LogP contribution in [0.1, 0.15) is 29.1 Å². The minimum Gasteiger partial charge on any atom is -0.376 e. The molecule has 8 heteroatoms. The molecule has 0 bridgehead atoms. The molecule has 3 heterocycles. The normalized spacial score (nSPS) is 17.3. The minimum absolute atomic E-state index is 0.0447. The summed E-state index contributed by atoms with van der Waals surface area (Å²) in [5.74, 6) is -0.498. The van der Waals surface area contributed by atoms with E-state index in [1.807, 2.05) is 0 Å². The van der Waals surface area contributed by atoms with Gasteiger partial charge < -0.3 is 9.26 Å². The zero-order chi connectivity index (χ0) is 17.4. The average Bonchev–Trinajstić information content (AvgIpc) is 3.31. The second-order valence-corrected chi connectivity index (χ2v) is 7.00. The topological polar surface area (TPSA) is 68.5 Å². The summed E-state index contributed by atoms with van der Waals surface area (Å²) in [6, 6.07) is 5.98. The number of aromatic nitrogens is 2. The van der Waals surface area contributed by atoms with Crippen molar-refractivity contribution >= 4 is 32.6 Å². The number of nitrogens with zero attached hydrogens (tertiary/aromatic N) is 3. The Balaban J connectivity index is 1.70. The van der Waals surface area contributed by atoms with Crippen molar-refractivity contribution in [3.63, 3.8) is 0 Å². The number of anilines is 1. The molecule has 1 aromatic carbocycles. The summed E-state index contributed by atoms with van der Waals surface area (Å²) in [5.41, 5.74) is 1.28. The van der Waals surface area contributed by atoms with Gasteiger partial charge in [0.1, 0.15) is 5.82 Å². The summed E-state index contributed by atoms with van der Waals surface area (Å²) in [6.45, 7) is 2.82. The lowest BCUT2D eigenvalue weighted by molar-refractivity contribution is 0.0887. The van der Waals surface area contributed by atoms with Gasteiger partial charge in [0, 0.05) is 12.7 Å². The quantitative estimate of drug-likeness (QED) is 0.711. The fourth-order valence-electron chi connectivity index (χ4n) is 2.84. The fourth-order valence-corrected chi connectivity index (χ4v) is 3.84. The van der Waals surface area contributed by atoms with Crippen molar-refractivity contribution in [3.05, 3.63) is 41.5 Å². The van der Waals surface area contributed by atoms with Gasteiger partial charge in [-0.3, -0.25) is 9.69 Å². The highest BCUT2D eigenvalue weighted by Gasteiger charge is 2.29. The van der Waals surface area contributed by atoms with Gasteiger partial charge >= 0.3 is 0 Å². The Hall–Kier alpha value is -2.32. The van der Waals surface area contributed by atoms with Gasteiger partial charge in [-0.15, -0.1) is 0 Å². The maximum absolute atomic E-state index is 13.5. The van der Waals surface area contributed by atoms with E-state index >= 15 is 0 Å². The van der Waals surface area contributed by atoms with Crippen LogP contribution in [-0.4, -0.2) is 35.3 Å². The number of carbonyl (C=O) groups is 1. The Labute approximate surface area is 147 Å². The fraction of sp³-hybridized carbons (Fsp3) is 0.353. The van der Waals surface area contributed by atoms with Crippen molar-refractivity contribution in [2.24, 2.45) is 0 Å². The minimum atomic E-state index is -0.328. The lowest BCUT2D eigenvalue weighted by atomic mass is 10.2. The zero-order valence-corrected chi connectivity index (χ0v) is 14.4. The molecular formula is C17H16FN3O3S. The lowest BCUT2D eigenvalue weighted by Crippen LogP contribution is -2.37. The number of fused-ring (bicyclic) bond motifs is 1. The molecule has 130 valence electrons. The molecule has 1 aliphatic rings. The second-order valence-electron chi connectivity index (χ2n) is 5.99. The highest BCUT2D eigenvalue weighted by atomic mass is 32.1. The summed E-state index contributed by atoms with van der Waals surface area (Å²) in [7, 11) is 0. The van der Waals surface area contributed by atoms with Crippen LogP contribution in [0.5, 0.6) is 0 Å². The molecule has 1 saturated heterocycles. The molecule has 3 aromatic rings. The van der Waals surface area contributed by atoms with Crippen molar-refractivity contribution in [1.29, 1.82) is 0 Å². The van der Waals surface area contributed by atoms with Crippen molar-refractivity contribution in [2.75, 3.05) is 18.1 Å². The number of benzene rings is 1. The molecule has 4 rings (SSSR count). The van der Waals surface area contributed by atoms with Crippen LogP contribution in [0.25, 0.3) is 10.2 Å². The molecule has 0 saturated carbocycles. The largest absolute Gasteiger partial charge is 0.376 e. The van der Waals surface area contributed by atoms with Crippen molar-refractivity contribution in [2.45, 2.75) is 25.9 Å². The Kier molecular flexibility index (Phi) is 4.22. The summed E-state index contributed by atoms with van der Waals surface area (Å²) in [5, 5.41) is 4.28. The predicted octanol–water partition coefficient (Wildman–Crippen LogP) is 3.56. The van der Waals surface area contributed by atoms with Crippen LogP contribution in [-0.2, 0) is 4.74 Å². The van der Waals surface area contributed by atoms with Gasteiger partial charge in [0.15, 0.2) is 5.13 Å². The van der Waals surface area contributed by atoms with E-state index in [9.17, 15) is 9.18 Å². The molecule has 6 nitrogen and oxygen atoms in total. The number of aryl methyl sites for hydroxylation is 1. The maximum atomic E-state index is 13.5. The van der Waals surface area contributed by atoms with E-state index in [1.165, 1.54) is 23.5 Å². The van der Waals surface area contributed by atoms with Crippen LogP contribution in [0.2, 0.25) is 0 Å². The van der Waals surface area contributed by atoms with Crippen LogP contribution >= 0.6 is 11.3 Å². The highest BCUT2D eigenvalue weighted by Crippen LogP contribution is 2.31. The molecule has 0 unspecified atom stereocenters. The molecule has 25 heavy (non-hydrogen) atoms. The van der Waals surface area contributed by atoms with E-state index in [-0.39, 0.29) is 23.6 Å². The van der Waals surface area contributed by atoms with Crippen molar-refractivity contribution in [1.82, 2.24) is 10.1 Å². The van der Waals surface area contributed by atoms with E-state index < -0.39 is 0 Å². The number of thiazole rings is 1. The van der Waals surface area contributed by atoms with Gasteiger partial charge in [-0.05, 0) is 38.0 Å². The molecule has 2 aromatic heterocycles. The van der Waals surface area contributed by atoms with Gasteiger partial charge in [-0.2, -0.15) is 0 Å². The molecule has 0 aliphatic carbocycles. The number of rotatable bonds is 4. The van der Waals surface area contributed by atoms with Gasteiger partial charge in [0.05, 0.1) is 28.6 Å². The van der Waals surface area contributed by atoms with Gasteiger partial charge in [-0.1, -0.05) is 16.5 Å². The Bertz CT molecular complexity index is 917. The summed E-state index contributed by atoms with van der Waals surface area (Å²) < 4.78 is 24.9. The molecular weight excluding hydrogens is 345 g/mol. The molecule has 0 N–H and O–H groups in total. The van der Waals surface area contributed by atoms with E-state index in [1.54, 1.807) is 24.0 Å². The summed E-state index contributed by atoms with van der Waals surface area (Å²) >= 11 is 1.27. The SMILES string of the molecule is Cc1cc(C(=O)N(C[C@H]2CCCO2)c2nc3ccc(F)cc3s2)on1. The van der Waals surface area contributed by atoms with E-state index in [2.05, 4.69) is 10.1 Å². The third-order valence-electron chi connectivity index (χ3n) is 4.06. The Morgan fingerprint density at radius 3 is 3.04 bits per heavy atom. The van der Waals surface area contributed by atoms with E-state index in [0.717, 1.165) is 12.8 Å². The smallest absolute Gasteiger partial charge is 0.298 e. The number of carbonyl (C=O) groups excluding carboxylic acids is 1. The second kappa shape index (κ2) is 6.53. The third kappa shape index (κ3) is 3.27. The lowest BCUT2D eigenvalue weighted by Gasteiger charge is -2.21. The molecule has 1 amide bonds. The van der Waals surface area contributed by atoms with Crippen molar-refractivity contribution in [3.8, 4) is 0 Å². The average molecular weight is 361 g/mol. The number of halogens is 1. The predicted molar refractivity (Wildman–Crippen MR) is 91.5 cm³/mol. The summed E-state index contributed by atoms with van der Waals surface area (Å²) in [4.78, 5) is 18.9. The number of hydrogen-bond acceptors (Lipinski definition) is 6. The first-order valence-corrected chi connectivity index (χ1v) is 8.85. The van der Waals surface area contributed by atoms with Crippen LogP contribution in [0, 0.1) is 12.7 Å². The number of ether oxygens (including phenoxy) is 1. The summed E-state index contributed by atoms with van der Waals surface area (Å²) in [6.07, 6.45) is 1.81. The number of hydrogen-bond donors (Lipinski definition) is 0. The van der Waals surface area contributed by atoms with Crippen LogP contribution in [0.15, 0.2) is 28.8 Å². The zero-order valence-electron chi connectivity index (χ0n) is 13.6. The molecule has 0 spiro atoms. The van der Waals surface area contributed by atoms with Crippen LogP contribution in [0.4, 0.5) is 9.52 Å². The Morgan fingerprint density at radius 1 is 1.44 bits per heavy atom. The van der Waals surface area contributed by atoms with Crippen LogP contribution in [0.3, 0.4) is 0 Å². The first kappa shape index (κ1) is 16.2.